The minimum Gasteiger partial charge on any atom is -0.444 e. The molecule has 3 amide bonds. The first-order chi connectivity index (χ1) is 19.1. The molecular weight excluding hydrogens is 536 g/mol. The van der Waals surface area contributed by atoms with Crippen LogP contribution < -0.4 is 10.6 Å². The minimum absolute atomic E-state index is 0.0456. The molecule has 40 heavy (non-hydrogen) atoms. The molecule has 2 aliphatic rings. The van der Waals surface area contributed by atoms with E-state index in [9.17, 15) is 14.4 Å². The average molecular weight is 571 g/mol. The fourth-order valence-electron chi connectivity index (χ4n) is 5.22. The van der Waals surface area contributed by atoms with Gasteiger partial charge in [-0.15, -0.1) is 0 Å². The van der Waals surface area contributed by atoms with Gasteiger partial charge in [0.15, 0.2) is 0 Å². The van der Waals surface area contributed by atoms with Crippen LogP contribution in [0, 0.1) is 0 Å². The minimum atomic E-state index is -0.635. The Hall–Kier alpha value is -3.41. The van der Waals surface area contributed by atoms with Crippen LogP contribution in [0.4, 0.5) is 10.5 Å². The number of nitrogens with one attached hydrogen (secondary N) is 3. The van der Waals surface area contributed by atoms with Gasteiger partial charge >= 0.3 is 6.09 Å². The largest absolute Gasteiger partial charge is 0.444 e. The molecule has 214 valence electrons. The maximum Gasteiger partial charge on any atom is 0.407 e. The fourth-order valence-corrected chi connectivity index (χ4v) is 5.44. The molecule has 11 nitrogen and oxygen atoms in total. The average Bonchev–Trinajstić information content (AvgIpc) is 3.27. The van der Waals surface area contributed by atoms with Gasteiger partial charge in [0.05, 0.1) is 42.7 Å². The molecule has 2 fully saturated rings. The number of halogens is 1. The van der Waals surface area contributed by atoms with Gasteiger partial charge < -0.3 is 30.0 Å². The van der Waals surface area contributed by atoms with Crippen molar-refractivity contribution in [1.29, 1.82) is 0 Å². The first-order valence-corrected chi connectivity index (χ1v) is 13.9. The third kappa shape index (κ3) is 6.48. The first-order valence-electron chi connectivity index (χ1n) is 13.5. The number of carbonyl (C=O) groups is 3. The van der Waals surface area contributed by atoms with E-state index in [4.69, 9.17) is 21.1 Å². The Bertz CT molecular complexity index is 1410. The molecule has 2 aliphatic heterocycles. The molecule has 3 aromatic rings. The van der Waals surface area contributed by atoms with Crippen molar-refractivity contribution in [2.45, 2.75) is 51.3 Å². The molecule has 0 radical (unpaired) electrons. The molecule has 0 unspecified atom stereocenters. The third-order valence-electron chi connectivity index (χ3n) is 7.18. The summed E-state index contributed by atoms with van der Waals surface area (Å²) in [6.45, 7) is 7.70. The zero-order valence-corrected chi connectivity index (χ0v) is 23.7. The predicted molar refractivity (Wildman–Crippen MR) is 152 cm³/mol. The Morgan fingerprint density at radius 2 is 1.95 bits per heavy atom. The summed E-state index contributed by atoms with van der Waals surface area (Å²) in [5, 5.41) is 8.24. The van der Waals surface area contributed by atoms with Crippen LogP contribution in [0.15, 0.2) is 30.6 Å². The normalized spacial score (nSPS) is 19.1. The third-order valence-corrected chi connectivity index (χ3v) is 7.40. The van der Waals surface area contributed by atoms with Gasteiger partial charge in [-0.2, -0.15) is 0 Å². The zero-order valence-electron chi connectivity index (χ0n) is 23.0. The highest BCUT2D eigenvalue weighted by atomic mass is 35.5. The number of alkyl carbamates (subject to hydrolysis) is 1. The van der Waals surface area contributed by atoms with Crippen LogP contribution in [0.5, 0.6) is 0 Å². The number of likely N-dealkylation sites (tertiary alicyclic amines) is 1. The predicted octanol–water partition coefficient (Wildman–Crippen LogP) is 3.52. The van der Waals surface area contributed by atoms with Crippen LogP contribution >= 0.6 is 11.6 Å². The molecule has 12 heteroatoms. The lowest BCUT2D eigenvalue weighted by molar-refractivity contribution is -0.138. The number of anilines is 1. The highest BCUT2D eigenvalue weighted by Crippen LogP contribution is 2.33. The van der Waals surface area contributed by atoms with E-state index in [2.05, 4.69) is 20.6 Å². The maximum atomic E-state index is 13.5. The number of aromatic nitrogens is 2. The Morgan fingerprint density at radius 1 is 1.18 bits per heavy atom. The van der Waals surface area contributed by atoms with Gasteiger partial charge in [-0.25, -0.2) is 4.79 Å². The number of hydrogen-bond donors (Lipinski definition) is 3. The van der Waals surface area contributed by atoms with Crippen molar-refractivity contribution in [2.24, 2.45) is 0 Å². The number of nitrogens with zero attached hydrogens (tertiary/aromatic N) is 3. The van der Waals surface area contributed by atoms with Gasteiger partial charge in [-0.1, -0.05) is 11.6 Å². The van der Waals surface area contributed by atoms with E-state index in [0.717, 1.165) is 21.8 Å². The lowest BCUT2D eigenvalue weighted by atomic mass is 10.0. The SMILES string of the molecule is CC(C)(C)OC(=O)NC1CCN(C(=O)CN2CCOC[C@@H]2C(=O)Nc2cc(Cl)cc3c2[nH]c2cnccc23)CC1. The van der Waals surface area contributed by atoms with E-state index in [0.29, 0.717) is 49.8 Å². The summed E-state index contributed by atoms with van der Waals surface area (Å²) in [6, 6.07) is 4.78. The number of morpholine rings is 1. The quantitative estimate of drug-likeness (QED) is 0.428. The number of hydrogen-bond acceptors (Lipinski definition) is 7. The van der Waals surface area contributed by atoms with E-state index in [1.54, 1.807) is 23.4 Å². The second-order valence-electron chi connectivity index (χ2n) is 11.3. The number of pyridine rings is 1. The number of H-pyrrole nitrogens is 1. The van der Waals surface area contributed by atoms with Crippen molar-refractivity contribution < 1.29 is 23.9 Å². The molecule has 0 aliphatic carbocycles. The number of ether oxygens (including phenoxy) is 2. The fraction of sp³-hybridized carbons (Fsp3) is 0.500. The monoisotopic (exact) mass is 570 g/mol. The molecular formula is C28H35ClN6O5. The zero-order chi connectivity index (χ0) is 28.4. The van der Waals surface area contributed by atoms with Gasteiger partial charge in [0.25, 0.3) is 0 Å². The van der Waals surface area contributed by atoms with Crippen molar-refractivity contribution in [3.8, 4) is 0 Å². The van der Waals surface area contributed by atoms with E-state index in [-0.39, 0.29) is 31.0 Å². The van der Waals surface area contributed by atoms with E-state index in [1.807, 2.05) is 37.8 Å². The number of carbonyl (C=O) groups excluding carboxylic acids is 3. The Kier molecular flexibility index (Phi) is 8.16. The van der Waals surface area contributed by atoms with Crippen LogP contribution in [-0.4, -0.2) is 94.8 Å². The smallest absolute Gasteiger partial charge is 0.407 e. The lowest BCUT2D eigenvalue weighted by Gasteiger charge is -2.37. The Balaban J connectivity index is 1.21. The summed E-state index contributed by atoms with van der Waals surface area (Å²) in [5.41, 5.74) is 1.59. The molecule has 1 atom stereocenters. The summed E-state index contributed by atoms with van der Waals surface area (Å²) in [7, 11) is 0. The van der Waals surface area contributed by atoms with Gasteiger partial charge in [0, 0.05) is 47.7 Å². The topological polar surface area (TPSA) is 129 Å². The lowest BCUT2D eigenvalue weighted by Crippen LogP contribution is -2.56. The molecule has 3 N–H and O–H groups in total. The summed E-state index contributed by atoms with van der Waals surface area (Å²) in [4.78, 5) is 49.9. The Morgan fingerprint density at radius 3 is 2.70 bits per heavy atom. The second-order valence-corrected chi connectivity index (χ2v) is 11.7. The van der Waals surface area contributed by atoms with Crippen molar-refractivity contribution in [3.63, 3.8) is 0 Å². The number of aromatic amines is 1. The summed E-state index contributed by atoms with van der Waals surface area (Å²) >= 11 is 6.40. The molecule has 4 heterocycles. The second kappa shape index (κ2) is 11.6. The van der Waals surface area contributed by atoms with Gasteiger partial charge in [-0.05, 0) is 51.8 Å². The van der Waals surface area contributed by atoms with Crippen molar-refractivity contribution >= 4 is 57.0 Å². The van der Waals surface area contributed by atoms with Crippen LogP contribution in [0.1, 0.15) is 33.6 Å². The van der Waals surface area contributed by atoms with Crippen molar-refractivity contribution in [2.75, 3.05) is 44.7 Å². The Labute approximate surface area is 237 Å². The van der Waals surface area contributed by atoms with Crippen LogP contribution in [-0.2, 0) is 19.1 Å². The first kappa shape index (κ1) is 28.1. The number of piperidine rings is 1. The molecule has 0 spiro atoms. The number of fused-ring (bicyclic) bond motifs is 3. The van der Waals surface area contributed by atoms with Crippen molar-refractivity contribution in [1.82, 2.24) is 25.1 Å². The molecule has 5 rings (SSSR count). The summed E-state index contributed by atoms with van der Waals surface area (Å²) < 4.78 is 11.0. The van der Waals surface area contributed by atoms with Crippen molar-refractivity contribution in [3.05, 3.63) is 35.6 Å². The molecule has 0 saturated carbocycles. The number of benzene rings is 1. The highest BCUT2D eigenvalue weighted by molar-refractivity contribution is 6.33. The number of amides is 3. The van der Waals surface area contributed by atoms with Crippen LogP contribution in [0.3, 0.4) is 0 Å². The summed E-state index contributed by atoms with van der Waals surface area (Å²) in [6.07, 6.45) is 4.28. The van der Waals surface area contributed by atoms with E-state index >= 15 is 0 Å². The molecule has 2 saturated heterocycles. The maximum absolute atomic E-state index is 13.5. The molecule has 0 bridgehead atoms. The molecule has 2 aromatic heterocycles. The summed E-state index contributed by atoms with van der Waals surface area (Å²) in [5.74, 6) is -0.322. The van der Waals surface area contributed by atoms with E-state index in [1.165, 1.54) is 0 Å². The van der Waals surface area contributed by atoms with Gasteiger partial charge in [0.2, 0.25) is 11.8 Å². The number of rotatable bonds is 5. The van der Waals surface area contributed by atoms with Crippen LogP contribution in [0.25, 0.3) is 21.8 Å². The molecule has 1 aromatic carbocycles. The standard InChI is InChI=1S/C28H35ClN6O5/c1-28(2,3)40-27(38)31-18-5-8-34(9-6-18)24(36)15-35-10-11-39-16-23(35)26(37)33-21-13-17(29)12-20-19-4-7-30-14-22(19)32-25(20)21/h4,7,12-14,18,23,32H,5-6,8-11,15-16H2,1-3H3,(H,31,38)(H,33,37)/t23-/m1/s1. The highest BCUT2D eigenvalue weighted by Gasteiger charge is 2.33. The van der Waals surface area contributed by atoms with Gasteiger partial charge in [-0.3, -0.25) is 19.5 Å². The van der Waals surface area contributed by atoms with Gasteiger partial charge in [0.1, 0.15) is 11.6 Å². The van der Waals surface area contributed by atoms with Crippen LogP contribution in [0.2, 0.25) is 5.02 Å². The van der Waals surface area contributed by atoms with E-state index < -0.39 is 17.7 Å².